The zero-order valence-corrected chi connectivity index (χ0v) is 16.7. The first-order valence-electron chi connectivity index (χ1n) is 8.47. The summed E-state index contributed by atoms with van der Waals surface area (Å²) in [7, 11) is 1.74. The van der Waals surface area contributed by atoms with Crippen LogP contribution in [0.2, 0.25) is 0 Å². The first-order chi connectivity index (χ1) is 13.5. The molecule has 0 unspecified atom stereocenters. The Hall–Kier alpha value is -3.26. The fraction of sp³-hybridized carbons (Fsp3) is 0.100. The molecule has 0 bridgehead atoms. The molecule has 3 aromatic rings. The summed E-state index contributed by atoms with van der Waals surface area (Å²) in [6.45, 7) is -0.220. The lowest BCUT2D eigenvalue weighted by atomic mass is 10.2. The van der Waals surface area contributed by atoms with E-state index in [1.807, 2.05) is 42.5 Å². The largest absolute Gasteiger partial charge is 0.484 e. The third kappa shape index (κ3) is 5.37. The molecule has 0 atom stereocenters. The second kappa shape index (κ2) is 9.09. The van der Waals surface area contributed by atoms with Gasteiger partial charge in [0.1, 0.15) is 11.4 Å². The molecule has 3 N–H and O–H groups in total. The maximum Gasteiger partial charge on any atom is 0.286 e. The van der Waals surface area contributed by atoms with Crippen LogP contribution >= 0.6 is 15.9 Å². The quantitative estimate of drug-likeness (QED) is 0.511. The van der Waals surface area contributed by atoms with E-state index >= 15 is 0 Å². The first kappa shape index (κ1) is 19.5. The van der Waals surface area contributed by atoms with Crippen LogP contribution in [0.25, 0.3) is 0 Å². The van der Waals surface area contributed by atoms with Crippen molar-refractivity contribution in [3.05, 3.63) is 77.0 Å². The van der Waals surface area contributed by atoms with E-state index in [1.54, 1.807) is 36.0 Å². The summed E-state index contributed by atoms with van der Waals surface area (Å²) < 4.78 is 7.86. The van der Waals surface area contributed by atoms with Gasteiger partial charge in [-0.3, -0.25) is 20.4 Å². The number of aromatic nitrogens is 1. The van der Waals surface area contributed by atoms with Gasteiger partial charge in [-0.2, -0.15) is 0 Å². The highest BCUT2D eigenvalue weighted by molar-refractivity contribution is 9.10. The Morgan fingerprint density at radius 1 is 1.00 bits per heavy atom. The van der Waals surface area contributed by atoms with Gasteiger partial charge in [-0.05, 0) is 58.4 Å². The Bertz CT molecular complexity index is 955. The van der Waals surface area contributed by atoms with Gasteiger partial charge in [0.25, 0.3) is 11.8 Å². The van der Waals surface area contributed by atoms with E-state index in [2.05, 4.69) is 32.1 Å². The van der Waals surface area contributed by atoms with Crippen molar-refractivity contribution in [2.45, 2.75) is 0 Å². The number of nitrogens with one attached hydrogen (secondary N) is 3. The maximum absolute atomic E-state index is 12.0. The molecule has 0 aliphatic heterocycles. The summed E-state index contributed by atoms with van der Waals surface area (Å²) in [5.41, 5.74) is 6.98. The minimum absolute atomic E-state index is 0.220. The average Bonchev–Trinajstić information content (AvgIpc) is 3.04. The van der Waals surface area contributed by atoms with Gasteiger partial charge >= 0.3 is 0 Å². The third-order valence-corrected chi connectivity index (χ3v) is 4.24. The fourth-order valence-corrected chi connectivity index (χ4v) is 2.97. The van der Waals surface area contributed by atoms with Crippen molar-refractivity contribution in [1.29, 1.82) is 0 Å². The van der Waals surface area contributed by atoms with Crippen LogP contribution in [0.15, 0.2) is 71.3 Å². The highest BCUT2D eigenvalue weighted by atomic mass is 79.9. The number of nitrogens with zero attached hydrogens (tertiary/aromatic N) is 1. The lowest BCUT2D eigenvalue weighted by Crippen LogP contribution is -2.44. The van der Waals surface area contributed by atoms with Crippen LogP contribution in [0.3, 0.4) is 0 Å². The number of ether oxygens (including phenoxy) is 1. The zero-order valence-electron chi connectivity index (χ0n) is 15.1. The van der Waals surface area contributed by atoms with E-state index in [1.165, 1.54) is 0 Å². The van der Waals surface area contributed by atoms with Crippen molar-refractivity contribution in [2.75, 3.05) is 11.9 Å². The summed E-state index contributed by atoms with van der Waals surface area (Å²) in [6, 6.07) is 18.7. The van der Waals surface area contributed by atoms with Crippen LogP contribution in [0.4, 0.5) is 11.4 Å². The molecule has 1 aromatic heterocycles. The molecule has 144 valence electrons. The van der Waals surface area contributed by atoms with Crippen LogP contribution < -0.4 is 20.9 Å². The number of halogens is 1. The Labute approximate surface area is 170 Å². The molecule has 2 amide bonds. The summed E-state index contributed by atoms with van der Waals surface area (Å²) in [4.78, 5) is 23.9. The minimum Gasteiger partial charge on any atom is -0.484 e. The molecule has 0 saturated heterocycles. The number of hydrogen-bond acceptors (Lipinski definition) is 4. The predicted molar refractivity (Wildman–Crippen MR) is 110 cm³/mol. The van der Waals surface area contributed by atoms with Crippen LogP contribution in [-0.2, 0) is 11.8 Å². The first-order valence-corrected chi connectivity index (χ1v) is 9.26. The van der Waals surface area contributed by atoms with E-state index in [-0.39, 0.29) is 6.61 Å². The van der Waals surface area contributed by atoms with E-state index in [0.717, 1.165) is 15.8 Å². The van der Waals surface area contributed by atoms with Crippen LogP contribution in [0.1, 0.15) is 10.5 Å². The standard InChI is InChI=1S/C20H19BrN4O3/c1-25-12-14(21)11-18(25)20(27)24-23-19(26)13-28-17-9-7-16(8-10-17)22-15-5-3-2-4-6-15/h2-12,22H,13H2,1H3,(H,23,26)(H,24,27). The summed E-state index contributed by atoms with van der Waals surface area (Å²) >= 11 is 3.29. The molecule has 28 heavy (non-hydrogen) atoms. The molecule has 8 heteroatoms. The smallest absolute Gasteiger partial charge is 0.286 e. The number of rotatable bonds is 6. The third-order valence-electron chi connectivity index (χ3n) is 3.81. The fourth-order valence-electron chi connectivity index (χ4n) is 2.45. The Balaban J connectivity index is 1.44. The SMILES string of the molecule is Cn1cc(Br)cc1C(=O)NNC(=O)COc1ccc(Nc2ccccc2)cc1. The van der Waals surface area contributed by atoms with Crippen molar-refractivity contribution in [3.8, 4) is 5.75 Å². The van der Waals surface area contributed by atoms with Gasteiger partial charge in [0.15, 0.2) is 6.61 Å². The average molecular weight is 443 g/mol. The van der Waals surface area contributed by atoms with Crippen LogP contribution in [0, 0.1) is 0 Å². The van der Waals surface area contributed by atoms with Gasteiger partial charge in [0.05, 0.1) is 0 Å². The monoisotopic (exact) mass is 442 g/mol. The minimum atomic E-state index is -0.465. The second-order valence-electron chi connectivity index (χ2n) is 5.96. The summed E-state index contributed by atoms with van der Waals surface area (Å²) in [6.07, 6.45) is 1.75. The van der Waals surface area contributed by atoms with E-state index < -0.39 is 11.8 Å². The van der Waals surface area contributed by atoms with Gasteiger partial charge in [0, 0.05) is 29.1 Å². The van der Waals surface area contributed by atoms with Gasteiger partial charge in [0.2, 0.25) is 0 Å². The van der Waals surface area contributed by atoms with Crippen molar-refractivity contribution < 1.29 is 14.3 Å². The topological polar surface area (TPSA) is 84.4 Å². The molecule has 0 saturated carbocycles. The van der Waals surface area contributed by atoms with Crippen molar-refractivity contribution >= 4 is 39.1 Å². The number of anilines is 2. The predicted octanol–water partition coefficient (Wildman–Crippen LogP) is 3.37. The molecule has 7 nitrogen and oxygen atoms in total. The molecular weight excluding hydrogens is 424 g/mol. The number of carbonyl (C=O) groups excluding carboxylic acids is 2. The zero-order chi connectivity index (χ0) is 19.9. The highest BCUT2D eigenvalue weighted by Crippen LogP contribution is 2.19. The number of benzene rings is 2. The number of aryl methyl sites for hydroxylation is 1. The number of hydrazine groups is 1. The van der Waals surface area contributed by atoms with Crippen LogP contribution in [0.5, 0.6) is 5.75 Å². The van der Waals surface area contributed by atoms with E-state index in [0.29, 0.717) is 11.4 Å². The second-order valence-corrected chi connectivity index (χ2v) is 6.88. The van der Waals surface area contributed by atoms with Gasteiger partial charge in [-0.1, -0.05) is 18.2 Å². The van der Waals surface area contributed by atoms with Crippen LogP contribution in [-0.4, -0.2) is 23.0 Å². The molecule has 0 radical (unpaired) electrons. The number of para-hydroxylation sites is 1. The molecule has 2 aromatic carbocycles. The number of hydrogen-bond donors (Lipinski definition) is 3. The molecular formula is C20H19BrN4O3. The molecule has 0 aliphatic carbocycles. The molecule has 1 heterocycles. The van der Waals surface area contributed by atoms with Crippen molar-refractivity contribution in [3.63, 3.8) is 0 Å². The van der Waals surface area contributed by atoms with Crippen molar-refractivity contribution in [2.24, 2.45) is 7.05 Å². The molecule has 0 aliphatic rings. The molecule has 0 fully saturated rings. The normalized spacial score (nSPS) is 10.2. The highest BCUT2D eigenvalue weighted by Gasteiger charge is 2.12. The molecule has 3 rings (SSSR count). The Morgan fingerprint density at radius 3 is 2.32 bits per heavy atom. The van der Waals surface area contributed by atoms with E-state index in [4.69, 9.17) is 4.74 Å². The maximum atomic E-state index is 12.0. The lowest BCUT2D eigenvalue weighted by molar-refractivity contribution is -0.123. The van der Waals surface area contributed by atoms with Gasteiger partial charge in [-0.25, -0.2) is 0 Å². The molecule has 0 spiro atoms. The lowest BCUT2D eigenvalue weighted by Gasteiger charge is -2.10. The van der Waals surface area contributed by atoms with Crippen molar-refractivity contribution in [1.82, 2.24) is 15.4 Å². The summed E-state index contributed by atoms with van der Waals surface area (Å²) in [5, 5.41) is 3.26. The van der Waals surface area contributed by atoms with E-state index in [9.17, 15) is 9.59 Å². The number of amides is 2. The Kier molecular flexibility index (Phi) is 6.33. The van der Waals surface area contributed by atoms with Gasteiger partial charge < -0.3 is 14.6 Å². The van der Waals surface area contributed by atoms with Gasteiger partial charge in [-0.15, -0.1) is 0 Å². The Morgan fingerprint density at radius 2 is 1.68 bits per heavy atom. The summed E-state index contributed by atoms with van der Waals surface area (Å²) in [5.74, 6) is -0.336. The number of carbonyl (C=O) groups is 2.